The van der Waals surface area contributed by atoms with Crippen molar-refractivity contribution in [1.82, 2.24) is 4.90 Å². The van der Waals surface area contributed by atoms with E-state index in [-0.39, 0.29) is 24.5 Å². The Labute approximate surface area is 158 Å². The summed E-state index contributed by atoms with van der Waals surface area (Å²) in [5.41, 5.74) is 2.40. The average molecular weight is 366 g/mol. The van der Waals surface area contributed by atoms with Crippen LogP contribution in [0.4, 0.5) is 5.69 Å². The highest BCUT2D eigenvalue weighted by Gasteiger charge is 2.29. The highest BCUT2D eigenvalue weighted by atomic mass is 16.7. The van der Waals surface area contributed by atoms with Crippen LogP contribution >= 0.6 is 0 Å². The van der Waals surface area contributed by atoms with Gasteiger partial charge in [0.25, 0.3) is 5.91 Å². The molecule has 0 aliphatic carbocycles. The first-order valence-electron chi connectivity index (χ1n) is 9.09. The molecule has 2 aliphatic heterocycles. The molecule has 0 unspecified atom stereocenters. The Hall–Kier alpha value is -3.02. The SMILES string of the molecule is CC(=O)c1ccc(N2CCN(C(=O)c3ccc4c(c3)OCO4)[C@H](C)C2)cc1. The van der Waals surface area contributed by atoms with Crippen molar-refractivity contribution in [2.75, 3.05) is 31.3 Å². The molecule has 0 bridgehead atoms. The number of amides is 1. The maximum atomic E-state index is 12.9. The summed E-state index contributed by atoms with van der Waals surface area (Å²) in [5, 5.41) is 0. The van der Waals surface area contributed by atoms with E-state index in [1.165, 1.54) is 0 Å². The number of hydrogen-bond acceptors (Lipinski definition) is 5. The summed E-state index contributed by atoms with van der Waals surface area (Å²) in [6, 6.07) is 13.0. The summed E-state index contributed by atoms with van der Waals surface area (Å²) in [4.78, 5) is 28.5. The molecule has 0 aromatic heterocycles. The largest absolute Gasteiger partial charge is 0.454 e. The van der Waals surface area contributed by atoms with Gasteiger partial charge < -0.3 is 19.3 Å². The second-order valence-electron chi connectivity index (χ2n) is 6.96. The predicted molar refractivity (Wildman–Crippen MR) is 102 cm³/mol. The monoisotopic (exact) mass is 366 g/mol. The molecule has 2 aromatic rings. The molecule has 1 amide bonds. The molecule has 2 aliphatic rings. The van der Waals surface area contributed by atoms with Crippen LogP contribution in [0.5, 0.6) is 11.5 Å². The quantitative estimate of drug-likeness (QED) is 0.782. The van der Waals surface area contributed by atoms with Crippen LogP contribution in [0.3, 0.4) is 0 Å². The first-order chi connectivity index (χ1) is 13.0. The lowest BCUT2D eigenvalue weighted by atomic mass is 10.1. The van der Waals surface area contributed by atoms with Crippen LogP contribution in [-0.2, 0) is 0 Å². The molecule has 1 atom stereocenters. The number of ketones is 1. The third-order valence-corrected chi connectivity index (χ3v) is 5.15. The van der Waals surface area contributed by atoms with Gasteiger partial charge in [-0.1, -0.05) is 0 Å². The van der Waals surface area contributed by atoms with Gasteiger partial charge in [-0.3, -0.25) is 9.59 Å². The van der Waals surface area contributed by atoms with E-state index in [1.807, 2.05) is 29.2 Å². The van der Waals surface area contributed by atoms with Gasteiger partial charge in [-0.05, 0) is 56.3 Å². The van der Waals surface area contributed by atoms with E-state index in [9.17, 15) is 9.59 Å². The lowest BCUT2D eigenvalue weighted by molar-refractivity contribution is 0.0673. The van der Waals surface area contributed by atoms with Gasteiger partial charge in [-0.15, -0.1) is 0 Å². The molecule has 2 aromatic carbocycles. The Kier molecular flexibility index (Phi) is 4.48. The lowest BCUT2D eigenvalue weighted by Gasteiger charge is -2.41. The molecule has 0 radical (unpaired) electrons. The van der Waals surface area contributed by atoms with E-state index in [2.05, 4.69) is 11.8 Å². The number of fused-ring (bicyclic) bond motifs is 1. The molecular weight excluding hydrogens is 344 g/mol. The summed E-state index contributed by atoms with van der Waals surface area (Å²) in [6.45, 7) is 5.96. The van der Waals surface area contributed by atoms with Crippen molar-refractivity contribution < 1.29 is 19.1 Å². The van der Waals surface area contributed by atoms with E-state index in [0.29, 0.717) is 29.2 Å². The van der Waals surface area contributed by atoms with Crippen LogP contribution in [0.2, 0.25) is 0 Å². The van der Waals surface area contributed by atoms with Crippen LogP contribution in [0.15, 0.2) is 42.5 Å². The maximum Gasteiger partial charge on any atom is 0.254 e. The highest BCUT2D eigenvalue weighted by molar-refractivity contribution is 5.95. The third-order valence-electron chi connectivity index (χ3n) is 5.15. The maximum absolute atomic E-state index is 12.9. The fraction of sp³-hybridized carbons (Fsp3) is 0.333. The standard InChI is InChI=1S/C21H22N2O4/c1-14-12-22(18-6-3-16(4-7-18)15(2)24)9-10-23(14)21(25)17-5-8-19-20(11-17)27-13-26-19/h3-8,11,14H,9-10,12-13H2,1-2H3/t14-/m1/s1. The number of carbonyl (C=O) groups excluding carboxylic acids is 2. The Morgan fingerprint density at radius 1 is 0.963 bits per heavy atom. The zero-order valence-electron chi connectivity index (χ0n) is 15.5. The Morgan fingerprint density at radius 2 is 1.67 bits per heavy atom. The van der Waals surface area contributed by atoms with Crippen LogP contribution in [0, 0.1) is 0 Å². The fourth-order valence-corrected chi connectivity index (χ4v) is 3.60. The first kappa shape index (κ1) is 17.4. The van der Waals surface area contributed by atoms with E-state index >= 15 is 0 Å². The Balaban J connectivity index is 1.45. The number of Topliss-reactive ketones (excluding diaryl/α,β-unsaturated/α-hetero) is 1. The van der Waals surface area contributed by atoms with Crippen LogP contribution in [-0.4, -0.2) is 49.1 Å². The second-order valence-corrected chi connectivity index (χ2v) is 6.96. The summed E-state index contributed by atoms with van der Waals surface area (Å²) in [5.74, 6) is 1.37. The summed E-state index contributed by atoms with van der Waals surface area (Å²) in [6.07, 6.45) is 0. The molecule has 6 nitrogen and oxygen atoms in total. The molecule has 27 heavy (non-hydrogen) atoms. The van der Waals surface area contributed by atoms with Crippen molar-refractivity contribution in [3.63, 3.8) is 0 Å². The third kappa shape index (κ3) is 3.35. The van der Waals surface area contributed by atoms with Crippen molar-refractivity contribution in [2.45, 2.75) is 19.9 Å². The predicted octanol–water partition coefficient (Wildman–Crippen LogP) is 2.97. The number of ether oxygens (including phenoxy) is 2. The first-order valence-corrected chi connectivity index (χ1v) is 9.09. The van der Waals surface area contributed by atoms with Crippen LogP contribution in [0.1, 0.15) is 34.6 Å². The number of carbonyl (C=O) groups is 2. The molecule has 140 valence electrons. The van der Waals surface area contributed by atoms with E-state index in [1.54, 1.807) is 25.1 Å². The van der Waals surface area contributed by atoms with Crippen molar-refractivity contribution in [3.8, 4) is 11.5 Å². The Morgan fingerprint density at radius 3 is 2.37 bits per heavy atom. The zero-order valence-corrected chi connectivity index (χ0v) is 15.5. The number of piperazine rings is 1. The minimum absolute atomic E-state index is 0.00683. The number of nitrogens with zero attached hydrogens (tertiary/aromatic N) is 2. The topological polar surface area (TPSA) is 59.1 Å². The molecule has 0 N–H and O–H groups in total. The van der Waals surface area contributed by atoms with Crippen molar-refractivity contribution in [3.05, 3.63) is 53.6 Å². The van der Waals surface area contributed by atoms with Crippen LogP contribution < -0.4 is 14.4 Å². The van der Waals surface area contributed by atoms with E-state index < -0.39 is 0 Å². The van der Waals surface area contributed by atoms with Gasteiger partial charge in [0.1, 0.15) is 0 Å². The van der Waals surface area contributed by atoms with Gasteiger partial charge in [0.15, 0.2) is 17.3 Å². The number of benzene rings is 2. The van der Waals surface area contributed by atoms with Gasteiger partial charge in [-0.2, -0.15) is 0 Å². The van der Waals surface area contributed by atoms with Crippen molar-refractivity contribution in [1.29, 1.82) is 0 Å². The van der Waals surface area contributed by atoms with Crippen molar-refractivity contribution in [2.24, 2.45) is 0 Å². The Bertz CT molecular complexity index is 878. The zero-order chi connectivity index (χ0) is 19.0. The number of rotatable bonds is 3. The van der Waals surface area contributed by atoms with Crippen molar-refractivity contribution >= 4 is 17.4 Å². The molecule has 0 spiro atoms. The average Bonchev–Trinajstić information content (AvgIpc) is 3.15. The van der Waals surface area contributed by atoms with Gasteiger partial charge >= 0.3 is 0 Å². The molecule has 4 rings (SSSR count). The van der Waals surface area contributed by atoms with E-state index in [4.69, 9.17) is 9.47 Å². The van der Waals surface area contributed by atoms with Gasteiger partial charge in [0.2, 0.25) is 6.79 Å². The van der Waals surface area contributed by atoms with Gasteiger partial charge in [0, 0.05) is 42.5 Å². The second kappa shape index (κ2) is 6.95. The number of hydrogen-bond donors (Lipinski definition) is 0. The lowest BCUT2D eigenvalue weighted by Crippen LogP contribution is -2.54. The fourth-order valence-electron chi connectivity index (χ4n) is 3.60. The molecule has 0 saturated carbocycles. The number of anilines is 1. The molecular formula is C21H22N2O4. The summed E-state index contributed by atoms with van der Waals surface area (Å²) >= 11 is 0. The van der Waals surface area contributed by atoms with E-state index in [0.717, 1.165) is 18.8 Å². The van der Waals surface area contributed by atoms with Gasteiger partial charge in [-0.25, -0.2) is 0 Å². The summed E-state index contributed by atoms with van der Waals surface area (Å²) < 4.78 is 10.7. The molecule has 1 saturated heterocycles. The molecule has 2 heterocycles. The highest BCUT2D eigenvalue weighted by Crippen LogP contribution is 2.33. The minimum Gasteiger partial charge on any atom is -0.454 e. The van der Waals surface area contributed by atoms with Crippen LogP contribution in [0.25, 0.3) is 0 Å². The molecule has 6 heteroatoms. The summed E-state index contributed by atoms with van der Waals surface area (Å²) in [7, 11) is 0. The smallest absolute Gasteiger partial charge is 0.254 e. The normalized spacial score (nSPS) is 18.5. The van der Waals surface area contributed by atoms with Gasteiger partial charge in [0.05, 0.1) is 0 Å². The minimum atomic E-state index is 0.00683. The molecule has 1 fully saturated rings.